The van der Waals surface area contributed by atoms with Crippen molar-refractivity contribution in [1.82, 2.24) is 10.6 Å². The van der Waals surface area contributed by atoms with Crippen molar-refractivity contribution in [3.05, 3.63) is 42.0 Å². The number of carbonyl (C=O) groups excluding carboxylic acids is 2. The van der Waals surface area contributed by atoms with E-state index in [9.17, 15) is 14.4 Å². The average Bonchev–Trinajstić information content (AvgIpc) is 2.98. The van der Waals surface area contributed by atoms with Gasteiger partial charge < -0.3 is 15.7 Å². The number of thioether (sulfide) groups is 1. The maximum absolute atomic E-state index is 11.9. The highest BCUT2D eigenvalue weighted by atomic mass is 32.2. The first-order valence-corrected chi connectivity index (χ1v) is 9.21. The summed E-state index contributed by atoms with van der Waals surface area (Å²) in [6, 6.07) is 9.72. The molecule has 1 aromatic rings. The first-order valence-electron chi connectivity index (χ1n) is 8.33. The van der Waals surface area contributed by atoms with Gasteiger partial charge in [0.05, 0.1) is 0 Å². The van der Waals surface area contributed by atoms with E-state index in [1.807, 2.05) is 36.4 Å². The molecule has 2 rings (SSSR count). The topological polar surface area (TPSA) is 120 Å². The molecule has 27 heavy (non-hydrogen) atoms. The minimum Gasteiger partial charge on any atom is -0.481 e. The SMILES string of the molecule is O=C(O)CCCNC(=O)C[C@@H]1SC(=NN=C/C=C/c2ccccc2)NC1=O. The van der Waals surface area contributed by atoms with Gasteiger partial charge in [0.25, 0.3) is 0 Å². The molecule has 0 aromatic heterocycles. The van der Waals surface area contributed by atoms with Crippen LogP contribution >= 0.6 is 11.8 Å². The molecule has 1 fully saturated rings. The highest BCUT2D eigenvalue weighted by Gasteiger charge is 2.32. The van der Waals surface area contributed by atoms with Crippen molar-refractivity contribution in [3.63, 3.8) is 0 Å². The van der Waals surface area contributed by atoms with Crippen molar-refractivity contribution >= 4 is 47.0 Å². The Hall–Kier alpha value is -2.94. The van der Waals surface area contributed by atoms with Gasteiger partial charge in [0.15, 0.2) is 5.17 Å². The standard InChI is InChI=1S/C18H20N4O4S/c23-15(19-10-5-9-16(24)25)12-14-17(26)21-18(27-14)22-20-11-4-8-13-6-2-1-3-7-13/h1-4,6-8,11,14H,5,9-10,12H2,(H,19,23)(H,24,25)(H,21,22,26)/b8-4+,20-11?/t14-/m0/s1. The smallest absolute Gasteiger partial charge is 0.303 e. The first-order chi connectivity index (χ1) is 13.0. The second-order valence-electron chi connectivity index (χ2n) is 5.59. The van der Waals surface area contributed by atoms with Gasteiger partial charge in [-0.2, -0.15) is 5.10 Å². The molecule has 0 bridgehead atoms. The largest absolute Gasteiger partial charge is 0.481 e. The molecule has 1 aliphatic heterocycles. The Balaban J connectivity index is 1.74. The summed E-state index contributed by atoms with van der Waals surface area (Å²) < 4.78 is 0. The van der Waals surface area contributed by atoms with E-state index in [-0.39, 0.29) is 31.2 Å². The molecule has 3 N–H and O–H groups in total. The van der Waals surface area contributed by atoms with Crippen LogP contribution in [0.1, 0.15) is 24.8 Å². The molecule has 0 saturated carbocycles. The van der Waals surface area contributed by atoms with Gasteiger partial charge in [-0.25, -0.2) is 0 Å². The lowest BCUT2D eigenvalue weighted by molar-refractivity contribution is -0.137. The second-order valence-corrected chi connectivity index (χ2v) is 6.78. The van der Waals surface area contributed by atoms with Gasteiger partial charge in [0, 0.05) is 25.6 Å². The van der Waals surface area contributed by atoms with Crippen LogP contribution in [0.3, 0.4) is 0 Å². The number of benzene rings is 1. The summed E-state index contributed by atoms with van der Waals surface area (Å²) >= 11 is 1.14. The summed E-state index contributed by atoms with van der Waals surface area (Å²) in [6.07, 6.45) is 5.47. The van der Waals surface area contributed by atoms with E-state index in [4.69, 9.17) is 5.11 Å². The van der Waals surface area contributed by atoms with Crippen molar-refractivity contribution in [2.45, 2.75) is 24.5 Å². The highest BCUT2D eigenvalue weighted by molar-refractivity contribution is 8.15. The second kappa shape index (κ2) is 10.9. The fourth-order valence-corrected chi connectivity index (χ4v) is 3.06. The zero-order chi connectivity index (χ0) is 19.5. The quantitative estimate of drug-likeness (QED) is 0.337. The number of amides is 2. The van der Waals surface area contributed by atoms with Crippen LogP contribution in [0.25, 0.3) is 6.08 Å². The Bertz CT molecular complexity index is 762. The Morgan fingerprint density at radius 1 is 1.30 bits per heavy atom. The summed E-state index contributed by atoms with van der Waals surface area (Å²) in [5.74, 6) is -1.51. The lowest BCUT2D eigenvalue weighted by Crippen LogP contribution is -2.31. The number of carboxylic acid groups (broad SMARTS) is 1. The van der Waals surface area contributed by atoms with E-state index < -0.39 is 11.2 Å². The molecule has 142 valence electrons. The van der Waals surface area contributed by atoms with Crippen LogP contribution in [0.4, 0.5) is 0 Å². The van der Waals surface area contributed by atoms with Gasteiger partial charge >= 0.3 is 5.97 Å². The lowest BCUT2D eigenvalue weighted by Gasteiger charge is -2.06. The third-order valence-electron chi connectivity index (χ3n) is 3.43. The van der Waals surface area contributed by atoms with Crippen LogP contribution in [-0.4, -0.2) is 46.1 Å². The molecule has 1 aromatic carbocycles. The third-order valence-corrected chi connectivity index (χ3v) is 4.50. The molecule has 9 heteroatoms. The lowest BCUT2D eigenvalue weighted by atomic mass is 10.2. The van der Waals surface area contributed by atoms with Gasteiger partial charge in [0.1, 0.15) is 5.25 Å². The number of carbonyl (C=O) groups is 3. The normalized spacial score (nSPS) is 18.3. The zero-order valence-electron chi connectivity index (χ0n) is 14.5. The van der Waals surface area contributed by atoms with Crippen molar-refractivity contribution in [3.8, 4) is 0 Å². The number of nitrogens with zero attached hydrogens (tertiary/aromatic N) is 2. The van der Waals surface area contributed by atoms with Crippen LogP contribution in [-0.2, 0) is 14.4 Å². The van der Waals surface area contributed by atoms with E-state index in [0.717, 1.165) is 17.3 Å². The van der Waals surface area contributed by atoms with Gasteiger partial charge in [0.2, 0.25) is 11.8 Å². The fourth-order valence-electron chi connectivity index (χ4n) is 2.14. The minimum atomic E-state index is -0.907. The Kier molecular flexibility index (Phi) is 8.24. The maximum atomic E-state index is 11.9. The summed E-state index contributed by atoms with van der Waals surface area (Å²) in [5, 5.41) is 21.3. The molecule has 8 nitrogen and oxygen atoms in total. The van der Waals surface area contributed by atoms with Gasteiger partial charge in [-0.05, 0) is 18.1 Å². The molecular weight excluding hydrogens is 368 g/mol. The van der Waals surface area contributed by atoms with E-state index in [1.54, 1.807) is 6.08 Å². The van der Waals surface area contributed by atoms with Crippen LogP contribution in [0.2, 0.25) is 0 Å². The van der Waals surface area contributed by atoms with Crippen molar-refractivity contribution in [2.24, 2.45) is 10.2 Å². The average molecular weight is 388 g/mol. The van der Waals surface area contributed by atoms with Crippen molar-refractivity contribution in [2.75, 3.05) is 6.54 Å². The zero-order valence-corrected chi connectivity index (χ0v) is 15.3. The monoisotopic (exact) mass is 388 g/mol. The summed E-state index contributed by atoms with van der Waals surface area (Å²) in [5.41, 5.74) is 1.04. The van der Waals surface area contributed by atoms with Crippen molar-refractivity contribution in [1.29, 1.82) is 0 Å². The number of allylic oxidation sites excluding steroid dienone is 1. The van der Waals surface area contributed by atoms with Gasteiger partial charge in [-0.15, -0.1) is 5.10 Å². The highest BCUT2D eigenvalue weighted by Crippen LogP contribution is 2.22. The van der Waals surface area contributed by atoms with E-state index in [1.165, 1.54) is 6.21 Å². The molecule has 0 radical (unpaired) electrons. The molecule has 1 saturated heterocycles. The van der Waals surface area contributed by atoms with Gasteiger partial charge in [-0.3, -0.25) is 14.4 Å². The molecule has 1 aliphatic rings. The summed E-state index contributed by atoms with van der Waals surface area (Å²) in [7, 11) is 0. The Morgan fingerprint density at radius 2 is 2.07 bits per heavy atom. The number of amidine groups is 1. The molecule has 1 atom stereocenters. The van der Waals surface area contributed by atoms with Crippen LogP contribution in [0.15, 0.2) is 46.6 Å². The fraction of sp³-hybridized carbons (Fsp3) is 0.278. The maximum Gasteiger partial charge on any atom is 0.303 e. The predicted octanol–water partition coefficient (Wildman–Crippen LogP) is 1.64. The van der Waals surface area contributed by atoms with Crippen LogP contribution in [0, 0.1) is 0 Å². The number of rotatable bonds is 9. The summed E-state index contributed by atoms with van der Waals surface area (Å²) in [6.45, 7) is 0.267. The van der Waals surface area contributed by atoms with Crippen LogP contribution in [0.5, 0.6) is 0 Å². The molecule has 0 spiro atoms. The van der Waals surface area contributed by atoms with E-state index in [0.29, 0.717) is 11.6 Å². The number of hydrogen-bond acceptors (Lipinski definition) is 6. The van der Waals surface area contributed by atoms with Crippen molar-refractivity contribution < 1.29 is 19.5 Å². The molecule has 2 amide bonds. The summed E-state index contributed by atoms with van der Waals surface area (Å²) in [4.78, 5) is 34.1. The molecule has 0 aliphatic carbocycles. The number of aliphatic carboxylic acids is 1. The third kappa shape index (κ3) is 7.87. The van der Waals surface area contributed by atoms with E-state index >= 15 is 0 Å². The van der Waals surface area contributed by atoms with E-state index in [2.05, 4.69) is 20.8 Å². The Labute approximate surface area is 160 Å². The predicted molar refractivity (Wildman–Crippen MR) is 105 cm³/mol. The first kappa shape index (κ1) is 20.4. The van der Waals surface area contributed by atoms with Crippen LogP contribution < -0.4 is 10.6 Å². The number of hydrogen-bond donors (Lipinski definition) is 3. The molecule has 1 heterocycles. The van der Waals surface area contributed by atoms with Gasteiger partial charge in [-0.1, -0.05) is 48.2 Å². The number of carboxylic acids is 1. The number of nitrogens with one attached hydrogen (secondary N) is 2. The Morgan fingerprint density at radius 3 is 2.81 bits per heavy atom. The minimum absolute atomic E-state index is 0.000214. The molecular formula is C18H20N4O4S. The molecule has 0 unspecified atom stereocenters.